The SMILES string of the molecule is CC(C#N)=CN1CCCCC1. The lowest BCUT2D eigenvalue weighted by Gasteiger charge is -2.24. The van der Waals surface area contributed by atoms with E-state index < -0.39 is 0 Å². The van der Waals surface area contributed by atoms with Crippen molar-refractivity contribution in [2.45, 2.75) is 26.2 Å². The fraction of sp³-hybridized carbons (Fsp3) is 0.667. The second-order valence-corrected chi connectivity index (χ2v) is 3.02. The monoisotopic (exact) mass is 150 g/mol. The van der Waals surface area contributed by atoms with Crippen LogP contribution in [0.5, 0.6) is 0 Å². The molecule has 0 aromatic rings. The number of nitrogens with zero attached hydrogens (tertiary/aromatic N) is 2. The lowest BCUT2D eigenvalue weighted by molar-refractivity contribution is 0.308. The summed E-state index contributed by atoms with van der Waals surface area (Å²) < 4.78 is 0. The van der Waals surface area contributed by atoms with Crippen LogP contribution in [-0.4, -0.2) is 18.0 Å². The summed E-state index contributed by atoms with van der Waals surface area (Å²) in [6.45, 7) is 4.10. The number of likely N-dealkylation sites (tertiary alicyclic amines) is 1. The lowest BCUT2D eigenvalue weighted by Crippen LogP contribution is -2.24. The van der Waals surface area contributed by atoms with E-state index >= 15 is 0 Å². The van der Waals surface area contributed by atoms with Crippen molar-refractivity contribution in [2.75, 3.05) is 13.1 Å². The Hall–Kier alpha value is -0.970. The third kappa shape index (κ3) is 2.63. The predicted octanol–water partition coefficient (Wildman–Crippen LogP) is 1.90. The zero-order chi connectivity index (χ0) is 8.10. The summed E-state index contributed by atoms with van der Waals surface area (Å²) in [7, 11) is 0. The van der Waals surface area contributed by atoms with Gasteiger partial charge in [-0.3, -0.25) is 0 Å². The molecule has 11 heavy (non-hydrogen) atoms. The minimum atomic E-state index is 0.812. The van der Waals surface area contributed by atoms with Gasteiger partial charge < -0.3 is 4.90 Å². The molecule has 0 bridgehead atoms. The molecule has 0 radical (unpaired) electrons. The fourth-order valence-electron chi connectivity index (χ4n) is 1.35. The van der Waals surface area contributed by atoms with Gasteiger partial charge in [0.15, 0.2) is 0 Å². The number of rotatable bonds is 1. The predicted molar refractivity (Wildman–Crippen MR) is 44.8 cm³/mol. The van der Waals surface area contributed by atoms with Crippen molar-refractivity contribution in [3.63, 3.8) is 0 Å². The van der Waals surface area contributed by atoms with Gasteiger partial charge in [0.2, 0.25) is 0 Å². The first-order valence-corrected chi connectivity index (χ1v) is 4.15. The maximum Gasteiger partial charge on any atom is 0.0959 e. The Labute approximate surface area is 68.1 Å². The smallest absolute Gasteiger partial charge is 0.0959 e. The van der Waals surface area contributed by atoms with Gasteiger partial charge in [-0.15, -0.1) is 0 Å². The van der Waals surface area contributed by atoms with Crippen molar-refractivity contribution in [1.82, 2.24) is 4.90 Å². The third-order valence-electron chi connectivity index (χ3n) is 1.94. The second-order valence-electron chi connectivity index (χ2n) is 3.02. The number of hydrogen-bond donors (Lipinski definition) is 0. The first-order chi connectivity index (χ1) is 5.33. The molecule has 0 aromatic heterocycles. The van der Waals surface area contributed by atoms with Crippen LogP contribution in [0.25, 0.3) is 0 Å². The van der Waals surface area contributed by atoms with E-state index in [-0.39, 0.29) is 0 Å². The molecule has 0 unspecified atom stereocenters. The number of nitriles is 1. The van der Waals surface area contributed by atoms with Crippen molar-refractivity contribution in [2.24, 2.45) is 0 Å². The summed E-state index contributed by atoms with van der Waals surface area (Å²) in [5, 5.41) is 8.52. The van der Waals surface area contributed by atoms with Crippen molar-refractivity contribution >= 4 is 0 Å². The van der Waals surface area contributed by atoms with Gasteiger partial charge in [0.25, 0.3) is 0 Å². The zero-order valence-electron chi connectivity index (χ0n) is 7.01. The average Bonchev–Trinajstić information content (AvgIpc) is 2.06. The minimum Gasteiger partial charge on any atom is -0.377 e. The highest BCUT2D eigenvalue weighted by Gasteiger charge is 2.05. The molecule has 1 saturated heterocycles. The molecule has 60 valence electrons. The molecule has 1 fully saturated rings. The number of allylic oxidation sites excluding steroid dienone is 1. The Morgan fingerprint density at radius 2 is 2.00 bits per heavy atom. The Kier molecular flexibility index (Phi) is 2.97. The van der Waals surface area contributed by atoms with Crippen LogP contribution in [0.2, 0.25) is 0 Å². The summed E-state index contributed by atoms with van der Waals surface area (Å²) >= 11 is 0. The standard InChI is InChI=1S/C9H14N2/c1-9(7-10)8-11-5-3-2-4-6-11/h8H,2-6H2,1H3. The summed E-state index contributed by atoms with van der Waals surface area (Å²) in [6.07, 6.45) is 5.86. The molecule has 1 aliphatic heterocycles. The molecule has 1 heterocycles. The summed E-state index contributed by atoms with van der Waals surface area (Å²) in [4.78, 5) is 2.24. The molecule has 0 atom stereocenters. The minimum absolute atomic E-state index is 0.812. The Morgan fingerprint density at radius 1 is 1.36 bits per heavy atom. The lowest BCUT2D eigenvalue weighted by atomic mass is 10.1. The van der Waals surface area contributed by atoms with Crippen molar-refractivity contribution in [3.8, 4) is 6.07 Å². The van der Waals surface area contributed by atoms with Gasteiger partial charge in [0.1, 0.15) is 0 Å². The average molecular weight is 150 g/mol. The third-order valence-corrected chi connectivity index (χ3v) is 1.94. The van der Waals surface area contributed by atoms with E-state index in [0.717, 1.165) is 18.7 Å². The topological polar surface area (TPSA) is 27.0 Å². The summed E-state index contributed by atoms with van der Waals surface area (Å²) in [5.41, 5.74) is 0.812. The number of hydrogen-bond acceptors (Lipinski definition) is 2. The van der Waals surface area contributed by atoms with E-state index in [9.17, 15) is 0 Å². The van der Waals surface area contributed by atoms with Crippen LogP contribution >= 0.6 is 0 Å². The molecular weight excluding hydrogens is 136 g/mol. The van der Waals surface area contributed by atoms with E-state index in [0.29, 0.717) is 0 Å². The van der Waals surface area contributed by atoms with Gasteiger partial charge >= 0.3 is 0 Å². The molecule has 2 heteroatoms. The maximum absolute atomic E-state index is 8.52. The number of piperidine rings is 1. The van der Waals surface area contributed by atoms with E-state index in [1.807, 2.05) is 13.1 Å². The van der Waals surface area contributed by atoms with E-state index in [1.54, 1.807) is 0 Å². The molecule has 0 saturated carbocycles. The van der Waals surface area contributed by atoms with Gasteiger partial charge in [-0.2, -0.15) is 5.26 Å². The van der Waals surface area contributed by atoms with Gasteiger partial charge in [-0.05, 0) is 26.2 Å². The summed E-state index contributed by atoms with van der Waals surface area (Å²) in [5.74, 6) is 0. The first kappa shape index (κ1) is 8.13. The molecule has 1 aliphatic rings. The normalized spacial score (nSPS) is 19.6. The fourth-order valence-corrected chi connectivity index (χ4v) is 1.35. The molecule has 1 rings (SSSR count). The zero-order valence-corrected chi connectivity index (χ0v) is 7.01. The van der Waals surface area contributed by atoms with Crippen LogP contribution in [0.4, 0.5) is 0 Å². The van der Waals surface area contributed by atoms with Gasteiger partial charge in [-0.1, -0.05) is 0 Å². The van der Waals surface area contributed by atoms with Crippen LogP contribution in [0.1, 0.15) is 26.2 Å². The van der Waals surface area contributed by atoms with Crippen LogP contribution in [0.15, 0.2) is 11.8 Å². The molecule has 0 spiro atoms. The van der Waals surface area contributed by atoms with E-state index in [4.69, 9.17) is 5.26 Å². The van der Waals surface area contributed by atoms with Gasteiger partial charge in [0.05, 0.1) is 6.07 Å². The Morgan fingerprint density at radius 3 is 2.55 bits per heavy atom. The van der Waals surface area contributed by atoms with Crippen molar-refractivity contribution < 1.29 is 0 Å². The van der Waals surface area contributed by atoms with Crippen LogP contribution in [0, 0.1) is 11.3 Å². The molecule has 2 nitrogen and oxygen atoms in total. The Balaban J connectivity index is 2.42. The van der Waals surface area contributed by atoms with Crippen molar-refractivity contribution in [1.29, 1.82) is 5.26 Å². The molecular formula is C9H14N2. The molecule has 0 amide bonds. The van der Waals surface area contributed by atoms with Crippen LogP contribution in [0.3, 0.4) is 0 Å². The molecule has 0 aliphatic carbocycles. The van der Waals surface area contributed by atoms with Gasteiger partial charge in [0, 0.05) is 24.9 Å². The Bertz CT molecular complexity index is 182. The molecule has 0 N–H and O–H groups in total. The highest BCUT2D eigenvalue weighted by atomic mass is 15.1. The van der Waals surface area contributed by atoms with E-state index in [1.165, 1.54) is 19.3 Å². The quantitative estimate of drug-likeness (QED) is 0.534. The maximum atomic E-state index is 8.52. The first-order valence-electron chi connectivity index (χ1n) is 4.15. The van der Waals surface area contributed by atoms with Crippen LogP contribution in [-0.2, 0) is 0 Å². The highest BCUT2D eigenvalue weighted by Crippen LogP contribution is 2.09. The van der Waals surface area contributed by atoms with Crippen LogP contribution < -0.4 is 0 Å². The highest BCUT2D eigenvalue weighted by molar-refractivity contribution is 5.16. The van der Waals surface area contributed by atoms with Crippen molar-refractivity contribution in [3.05, 3.63) is 11.8 Å². The largest absolute Gasteiger partial charge is 0.377 e. The molecule has 0 aromatic carbocycles. The summed E-state index contributed by atoms with van der Waals surface area (Å²) in [6, 6.07) is 2.13. The second kappa shape index (κ2) is 4.02. The van der Waals surface area contributed by atoms with Gasteiger partial charge in [-0.25, -0.2) is 0 Å². The van der Waals surface area contributed by atoms with E-state index in [2.05, 4.69) is 11.0 Å².